The molecule has 0 aliphatic carbocycles. The van der Waals surface area contributed by atoms with Crippen molar-refractivity contribution in [1.82, 2.24) is 5.32 Å². The smallest absolute Gasteiger partial charge is 0.269 e. The maximum atomic E-state index is 10.8. The Labute approximate surface area is 122 Å². The summed E-state index contributed by atoms with van der Waals surface area (Å²) >= 11 is 1.70. The van der Waals surface area contributed by atoms with Crippen molar-refractivity contribution < 1.29 is 4.92 Å². The van der Waals surface area contributed by atoms with Crippen LogP contribution in [0.4, 0.5) is 5.69 Å². The van der Waals surface area contributed by atoms with E-state index in [0.29, 0.717) is 0 Å². The van der Waals surface area contributed by atoms with E-state index in [-0.39, 0.29) is 16.7 Å². The maximum absolute atomic E-state index is 10.8. The fraction of sp³-hybridized carbons (Fsp3) is 0.333. The summed E-state index contributed by atoms with van der Waals surface area (Å²) in [5.41, 5.74) is 2.46. The Bertz CT molecular complexity index is 555. The summed E-state index contributed by atoms with van der Waals surface area (Å²) in [5.74, 6) is 0. The Kier molecular flexibility index (Phi) is 5.26. The molecule has 2 aromatic rings. The van der Waals surface area contributed by atoms with Gasteiger partial charge in [0.2, 0.25) is 0 Å². The number of thiophene rings is 1. The highest BCUT2D eigenvalue weighted by atomic mass is 32.1. The number of nitro benzene ring substituents is 1. The second-order valence-corrected chi connectivity index (χ2v) is 5.43. The van der Waals surface area contributed by atoms with Gasteiger partial charge in [0.15, 0.2) is 0 Å². The van der Waals surface area contributed by atoms with Gasteiger partial charge in [-0.3, -0.25) is 10.1 Å². The predicted octanol–water partition coefficient (Wildman–Crippen LogP) is 3.94. The quantitative estimate of drug-likeness (QED) is 0.620. The minimum absolute atomic E-state index is 0.153. The standard InChI is InChI=1S/C15H18N2O2S/c1-2-15(16-8-6-12-7-9-20-11-12)13-4-3-5-14(10-13)17(18)19/h3-5,7,9-11,15-16H,2,6,8H2,1H3. The van der Waals surface area contributed by atoms with Gasteiger partial charge < -0.3 is 5.32 Å². The molecule has 0 spiro atoms. The van der Waals surface area contributed by atoms with E-state index in [1.165, 1.54) is 11.6 Å². The average molecular weight is 290 g/mol. The van der Waals surface area contributed by atoms with Crippen LogP contribution < -0.4 is 5.32 Å². The number of non-ortho nitro benzene ring substituents is 1. The van der Waals surface area contributed by atoms with Crippen molar-refractivity contribution in [2.75, 3.05) is 6.54 Å². The van der Waals surface area contributed by atoms with E-state index in [4.69, 9.17) is 0 Å². The topological polar surface area (TPSA) is 55.2 Å². The van der Waals surface area contributed by atoms with E-state index in [2.05, 4.69) is 29.1 Å². The first-order chi connectivity index (χ1) is 9.70. The van der Waals surface area contributed by atoms with Crippen LogP contribution in [-0.4, -0.2) is 11.5 Å². The predicted molar refractivity (Wildman–Crippen MR) is 82.2 cm³/mol. The number of nitrogens with one attached hydrogen (secondary N) is 1. The second-order valence-electron chi connectivity index (χ2n) is 4.65. The number of hydrogen-bond donors (Lipinski definition) is 1. The molecule has 106 valence electrons. The molecule has 5 heteroatoms. The molecule has 0 aliphatic heterocycles. The van der Waals surface area contributed by atoms with Crippen molar-refractivity contribution in [2.45, 2.75) is 25.8 Å². The molecular formula is C15H18N2O2S. The van der Waals surface area contributed by atoms with Crippen LogP contribution >= 0.6 is 11.3 Å². The van der Waals surface area contributed by atoms with E-state index >= 15 is 0 Å². The molecule has 1 N–H and O–H groups in total. The Morgan fingerprint density at radius 1 is 1.40 bits per heavy atom. The fourth-order valence-electron chi connectivity index (χ4n) is 2.18. The van der Waals surface area contributed by atoms with E-state index in [1.807, 2.05) is 6.07 Å². The Hall–Kier alpha value is -1.72. The van der Waals surface area contributed by atoms with Gasteiger partial charge >= 0.3 is 0 Å². The first kappa shape index (κ1) is 14.7. The molecule has 0 aliphatic rings. The van der Waals surface area contributed by atoms with Gasteiger partial charge in [-0.15, -0.1) is 0 Å². The number of benzene rings is 1. The lowest BCUT2D eigenvalue weighted by Gasteiger charge is -2.17. The zero-order valence-corrected chi connectivity index (χ0v) is 12.2. The molecule has 0 saturated carbocycles. The van der Waals surface area contributed by atoms with Gasteiger partial charge in [0.25, 0.3) is 5.69 Å². The zero-order chi connectivity index (χ0) is 14.4. The molecule has 1 aromatic carbocycles. The number of nitrogens with zero attached hydrogens (tertiary/aromatic N) is 1. The lowest BCUT2D eigenvalue weighted by molar-refractivity contribution is -0.384. The van der Waals surface area contributed by atoms with Gasteiger partial charge in [0, 0.05) is 18.2 Å². The van der Waals surface area contributed by atoms with E-state index < -0.39 is 0 Å². The molecule has 0 bridgehead atoms. The molecule has 2 rings (SSSR count). The maximum Gasteiger partial charge on any atom is 0.269 e. The highest BCUT2D eigenvalue weighted by Gasteiger charge is 2.12. The van der Waals surface area contributed by atoms with Crippen LogP contribution in [0.5, 0.6) is 0 Å². The van der Waals surface area contributed by atoms with Crippen LogP contribution in [0.1, 0.15) is 30.5 Å². The van der Waals surface area contributed by atoms with Crippen molar-refractivity contribution in [1.29, 1.82) is 0 Å². The van der Waals surface area contributed by atoms with Gasteiger partial charge in [-0.25, -0.2) is 0 Å². The summed E-state index contributed by atoms with van der Waals surface area (Å²) in [5, 5.41) is 18.5. The lowest BCUT2D eigenvalue weighted by Crippen LogP contribution is -2.23. The minimum Gasteiger partial charge on any atom is -0.310 e. The Morgan fingerprint density at radius 2 is 2.25 bits per heavy atom. The summed E-state index contributed by atoms with van der Waals surface area (Å²) in [7, 11) is 0. The third-order valence-electron chi connectivity index (χ3n) is 3.28. The second kappa shape index (κ2) is 7.17. The summed E-state index contributed by atoms with van der Waals surface area (Å²) < 4.78 is 0. The summed E-state index contributed by atoms with van der Waals surface area (Å²) in [6.07, 6.45) is 1.89. The van der Waals surface area contributed by atoms with Crippen LogP contribution in [0.3, 0.4) is 0 Å². The van der Waals surface area contributed by atoms with E-state index in [0.717, 1.165) is 24.9 Å². The third-order valence-corrected chi connectivity index (χ3v) is 4.01. The van der Waals surface area contributed by atoms with Crippen molar-refractivity contribution >= 4 is 17.0 Å². The molecule has 0 saturated heterocycles. The van der Waals surface area contributed by atoms with Gasteiger partial charge in [0.05, 0.1) is 4.92 Å². The summed E-state index contributed by atoms with van der Waals surface area (Å²) in [6.45, 7) is 2.96. The molecule has 4 nitrogen and oxygen atoms in total. The van der Waals surface area contributed by atoms with Crippen LogP contribution in [0.15, 0.2) is 41.1 Å². The molecule has 0 fully saturated rings. The first-order valence-electron chi connectivity index (χ1n) is 6.69. The average Bonchev–Trinajstić information content (AvgIpc) is 2.97. The number of rotatable bonds is 7. The number of nitro groups is 1. The van der Waals surface area contributed by atoms with Crippen molar-refractivity contribution in [3.8, 4) is 0 Å². The van der Waals surface area contributed by atoms with E-state index in [9.17, 15) is 10.1 Å². The molecule has 0 amide bonds. The molecule has 0 radical (unpaired) electrons. The summed E-state index contributed by atoms with van der Waals surface area (Å²) in [6, 6.07) is 9.16. The van der Waals surface area contributed by atoms with E-state index in [1.54, 1.807) is 23.5 Å². The van der Waals surface area contributed by atoms with Gasteiger partial charge in [0.1, 0.15) is 0 Å². The SMILES string of the molecule is CCC(NCCc1ccsc1)c1cccc([N+](=O)[O-])c1. The molecule has 1 heterocycles. The Morgan fingerprint density at radius 3 is 2.90 bits per heavy atom. The van der Waals surface area contributed by atoms with Crippen molar-refractivity contribution in [3.05, 3.63) is 62.3 Å². The van der Waals surface area contributed by atoms with Crippen LogP contribution in [0.2, 0.25) is 0 Å². The molecule has 1 atom stereocenters. The van der Waals surface area contributed by atoms with Crippen LogP contribution in [0.25, 0.3) is 0 Å². The lowest BCUT2D eigenvalue weighted by atomic mass is 10.0. The summed E-state index contributed by atoms with van der Waals surface area (Å²) in [4.78, 5) is 10.5. The van der Waals surface area contributed by atoms with Gasteiger partial charge in [-0.1, -0.05) is 19.1 Å². The Balaban J connectivity index is 1.97. The zero-order valence-electron chi connectivity index (χ0n) is 11.4. The highest BCUT2D eigenvalue weighted by molar-refractivity contribution is 7.07. The van der Waals surface area contributed by atoms with Crippen molar-refractivity contribution in [3.63, 3.8) is 0 Å². The molecule has 1 aromatic heterocycles. The highest BCUT2D eigenvalue weighted by Crippen LogP contribution is 2.21. The fourth-order valence-corrected chi connectivity index (χ4v) is 2.88. The monoisotopic (exact) mass is 290 g/mol. The van der Waals surface area contributed by atoms with Crippen LogP contribution in [-0.2, 0) is 6.42 Å². The van der Waals surface area contributed by atoms with Gasteiger partial charge in [-0.2, -0.15) is 11.3 Å². The van der Waals surface area contributed by atoms with Crippen molar-refractivity contribution in [2.24, 2.45) is 0 Å². The third kappa shape index (κ3) is 3.88. The first-order valence-corrected chi connectivity index (χ1v) is 7.63. The molecule has 1 unspecified atom stereocenters. The molecule has 20 heavy (non-hydrogen) atoms. The van der Waals surface area contributed by atoms with Crippen LogP contribution in [0, 0.1) is 10.1 Å². The normalized spacial score (nSPS) is 12.2. The minimum atomic E-state index is -0.346. The molecular weight excluding hydrogens is 272 g/mol. The van der Waals surface area contributed by atoms with Gasteiger partial charge in [-0.05, 0) is 47.3 Å². The largest absolute Gasteiger partial charge is 0.310 e. The number of hydrogen-bond acceptors (Lipinski definition) is 4.